The monoisotopic (exact) mass is 260 g/mol. The topological polar surface area (TPSA) is 48.6 Å². The molecular formula is C14H16N2OS. The smallest absolute Gasteiger partial charge is 0.174 e. The molecule has 1 atom stereocenters. The molecule has 0 saturated heterocycles. The molecule has 0 aromatic carbocycles. The highest BCUT2D eigenvalue weighted by Crippen LogP contribution is 2.33. The Kier molecular flexibility index (Phi) is 3.04. The molecule has 1 aromatic rings. The second-order valence-corrected chi connectivity index (χ2v) is 5.43. The van der Waals surface area contributed by atoms with E-state index in [0.29, 0.717) is 10.6 Å². The largest absolute Gasteiger partial charge is 0.337 e. The molecule has 0 spiro atoms. The third-order valence-corrected chi connectivity index (χ3v) is 4.04. The number of H-pyrrole nitrogens is 2. The summed E-state index contributed by atoms with van der Waals surface area (Å²) >= 11 is 5.01. The molecule has 2 N–H and O–H groups in total. The molecule has 0 amide bonds. The molecule has 94 valence electrons. The Morgan fingerprint density at radius 2 is 2.28 bits per heavy atom. The van der Waals surface area contributed by atoms with E-state index in [0.717, 1.165) is 43.4 Å². The number of allylic oxidation sites excluding steroid dienone is 4. The van der Waals surface area contributed by atoms with Crippen LogP contribution in [0.3, 0.4) is 0 Å². The third kappa shape index (κ3) is 2.12. The van der Waals surface area contributed by atoms with Gasteiger partial charge in [-0.25, -0.2) is 0 Å². The number of aromatic amines is 2. The Bertz CT molecular complexity index is 591. The van der Waals surface area contributed by atoms with Gasteiger partial charge in [0.25, 0.3) is 0 Å². The summed E-state index contributed by atoms with van der Waals surface area (Å²) in [7, 11) is 0. The van der Waals surface area contributed by atoms with Crippen LogP contribution >= 0.6 is 12.2 Å². The summed E-state index contributed by atoms with van der Waals surface area (Å²) in [6.07, 6.45) is 10.9. The van der Waals surface area contributed by atoms with Crippen LogP contribution < -0.4 is 0 Å². The molecule has 0 bridgehead atoms. The second kappa shape index (κ2) is 4.69. The fourth-order valence-corrected chi connectivity index (χ4v) is 3.07. The van der Waals surface area contributed by atoms with Crippen molar-refractivity contribution in [2.75, 3.05) is 0 Å². The maximum atomic E-state index is 12.4. The second-order valence-electron chi connectivity index (χ2n) is 5.02. The van der Waals surface area contributed by atoms with E-state index in [2.05, 4.69) is 22.1 Å². The van der Waals surface area contributed by atoms with Crippen LogP contribution in [0, 0.1) is 10.7 Å². The lowest BCUT2D eigenvalue weighted by molar-refractivity contribution is -0.120. The minimum absolute atomic E-state index is 0.122. The molecule has 2 aliphatic carbocycles. The van der Waals surface area contributed by atoms with Gasteiger partial charge in [0.15, 0.2) is 10.6 Å². The fourth-order valence-electron chi connectivity index (χ4n) is 2.88. The van der Waals surface area contributed by atoms with Crippen molar-refractivity contribution in [1.29, 1.82) is 0 Å². The summed E-state index contributed by atoms with van der Waals surface area (Å²) in [6, 6.07) is 0. The van der Waals surface area contributed by atoms with Crippen molar-refractivity contribution in [2.24, 2.45) is 5.92 Å². The lowest BCUT2D eigenvalue weighted by Crippen LogP contribution is -2.25. The summed E-state index contributed by atoms with van der Waals surface area (Å²) in [5.41, 5.74) is 3.38. The SMILES string of the molecule is O=C1C2=C(C=CCC2)CCC1Cc1c[nH]c(=S)[nH]1. The van der Waals surface area contributed by atoms with E-state index < -0.39 is 0 Å². The molecule has 0 fully saturated rings. The number of hydrogen-bond acceptors (Lipinski definition) is 2. The molecule has 4 heteroatoms. The lowest BCUT2D eigenvalue weighted by atomic mass is 9.77. The third-order valence-electron chi connectivity index (χ3n) is 3.82. The summed E-state index contributed by atoms with van der Waals surface area (Å²) in [5.74, 6) is 0.470. The van der Waals surface area contributed by atoms with E-state index in [1.165, 1.54) is 5.57 Å². The first-order valence-corrected chi connectivity index (χ1v) is 6.84. The standard InChI is InChI=1S/C14H16N2OS/c17-13-10(7-11-8-15-14(18)16-11)6-5-9-3-1-2-4-12(9)13/h1,3,8,10H,2,4-7H2,(H2,15,16,18). The number of nitrogens with one attached hydrogen (secondary N) is 2. The van der Waals surface area contributed by atoms with Crippen molar-refractivity contribution in [3.8, 4) is 0 Å². The fraction of sp³-hybridized carbons (Fsp3) is 0.429. The van der Waals surface area contributed by atoms with Crippen LogP contribution in [0.15, 0.2) is 29.5 Å². The van der Waals surface area contributed by atoms with Gasteiger partial charge in [0, 0.05) is 17.8 Å². The normalized spacial score (nSPS) is 23.3. The van der Waals surface area contributed by atoms with Crippen molar-refractivity contribution in [3.05, 3.63) is 40.0 Å². The number of rotatable bonds is 2. The van der Waals surface area contributed by atoms with Crippen LogP contribution in [-0.4, -0.2) is 15.8 Å². The maximum absolute atomic E-state index is 12.4. The van der Waals surface area contributed by atoms with Crippen LogP contribution in [0.25, 0.3) is 0 Å². The Hall–Kier alpha value is -1.42. The predicted molar refractivity (Wildman–Crippen MR) is 72.8 cm³/mol. The van der Waals surface area contributed by atoms with Gasteiger partial charge in [0.1, 0.15) is 0 Å². The Balaban J connectivity index is 1.80. The van der Waals surface area contributed by atoms with Gasteiger partial charge in [-0.1, -0.05) is 12.2 Å². The predicted octanol–water partition coefficient (Wildman–Crippen LogP) is 3.24. The van der Waals surface area contributed by atoms with E-state index in [-0.39, 0.29) is 5.92 Å². The van der Waals surface area contributed by atoms with Crippen LogP contribution in [0.1, 0.15) is 31.4 Å². The first-order chi connectivity index (χ1) is 8.74. The first-order valence-electron chi connectivity index (χ1n) is 6.43. The van der Waals surface area contributed by atoms with E-state index >= 15 is 0 Å². The number of carbonyl (C=O) groups excluding carboxylic acids is 1. The highest BCUT2D eigenvalue weighted by atomic mass is 32.1. The van der Waals surface area contributed by atoms with Crippen molar-refractivity contribution in [2.45, 2.75) is 32.1 Å². The molecule has 3 nitrogen and oxygen atoms in total. The van der Waals surface area contributed by atoms with Gasteiger partial charge in [-0.15, -0.1) is 0 Å². The van der Waals surface area contributed by atoms with Gasteiger partial charge in [-0.05, 0) is 55.5 Å². The molecule has 0 aliphatic heterocycles. The van der Waals surface area contributed by atoms with E-state index in [1.54, 1.807) is 0 Å². The van der Waals surface area contributed by atoms with Crippen LogP contribution in [-0.2, 0) is 11.2 Å². The van der Waals surface area contributed by atoms with E-state index in [9.17, 15) is 4.79 Å². The number of imidazole rings is 1. The number of Topliss-reactive ketones (excluding diaryl/α,β-unsaturated/α-hetero) is 1. The van der Waals surface area contributed by atoms with Gasteiger partial charge in [-0.2, -0.15) is 0 Å². The van der Waals surface area contributed by atoms with E-state index in [4.69, 9.17) is 12.2 Å². The van der Waals surface area contributed by atoms with Gasteiger partial charge >= 0.3 is 0 Å². The molecule has 0 saturated carbocycles. The van der Waals surface area contributed by atoms with E-state index in [1.807, 2.05) is 6.20 Å². The summed E-state index contributed by atoms with van der Waals surface area (Å²) in [6.45, 7) is 0. The minimum atomic E-state index is 0.122. The highest BCUT2D eigenvalue weighted by molar-refractivity contribution is 7.71. The average molecular weight is 260 g/mol. The Labute approximate surface area is 111 Å². The zero-order chi connectivity index (χ0) is 12.5. The van der Waals surface area contributed by atoms with Crippen molar-refractivity contribution >= 4 is 18.0 Å². The zero-order valence-corrected chi connectivity index (χ0v) is 11.0. The van der Waals surface area contributed by atoms with Crippen LogP contribution in [0.4, 0.5) is 0 Å². The lowest BCUT2D eigenvalue weighted by Gasteiger charge is -2.26. The molecule has 1 heterocycles. The molecule has 18 heavy (non-hydrogen) atoms. The average Bonchev–Trinajstić information content (AvgIpc) is 2.79. The van der Waals surface area contributed by atoms with Gasteiger partial charge < -0.3 is 9.97 Å². The number of ketones is 1. The first kappa shape index (κ1) is 11.7. The number of carbonyl (C=O) groups is 1. The van der Waals surface area contributed by atoms with Gasteiger partial charge in [0.05, 0.1) is 0 Å². The van der Waals surface area contributed by atoms with Crippen LogP contribution in [0.2, 0.25) is 0 Å². The molecule has 2 aliphatic rings. The molecule has 1 aromatic heterocycles. The summed E-state index contributed by atoms with van der Waals surface area (Å²) < 4.78 is 0.633. The number of aromatic nitrogens is 2. The minimum Gasteiger partial charge on any atom is -0.337 e. The van der Waals surface area contributed by atoms with Gasteiger partial charge in [0.2, 0.25) is 0 Å². The molecular weight excluding hydrogens is 244 g/mol. The quantitative estimate of drug-likeness (QED) is 0.802. The summed E-state index contributed by atoms with van der Waals surface area (Å²) in [5, 5.41) is 0. The molecule has 1 unspecified atom stereocenters. The maximum Gasteiger partial charge on any atom is 0.174 e. The highest BCUT2D eigenvalue weighted by Gasteiger charge is 2.29. The van der Waals surface area contributed by atoms with Crippen LogP contribution in [0.5, 0.6) is 0 Å². The Morgan fingerprint density at radius 1 is 1.39 bits per heavy atom. The van der Waals surface area contributed by atoms with Gasteiger partial charge in [-0.3, -0.25) is 4.79 Å². The zero-order valence-electron chi connectivity index (χ0n) is 10.2. The van der Waals surface area contributed by atoms with Crippen molar-refractivity contribution in [1.82, 2.24) is 9.97 Å². The Morgan fingerprint density at radius 3 is 3.06 bits per heavy atom. The molecule has 3 rings (SSSR count). The van der Waals surface area contributed by atoms with Crippen molar-refractivity contribution < 1.29 is 4.79 Å². The molecule has 0 radical (unpaired) electrons. The van der Waals surface area contributed by atoms with Crippen molar-refractivity contribution in [3.63, 3.8) is 0 Å². The summed E-state index contributed by atoms with van der Waals surface area (Å²) in [4.78, 5) is 18.5. The number of hydrogen-bond donors (Lipinski definition) is 2.